The Morgan fingerprint density at radius 1 is 1.24 bits per heavy atom. The average Bonchev–Trinajstić information content (AvgIpc) is 2.32. The highest BCUT2D eigenvalue weighted by Gasteiger charge is 2.35. The molecule has 0 aromatic heterocycles. The molecule has 0 aliphatic carbocycles. The predicted octanol–water partition coefficient (Wildman–Crippen LogP) is 1.77. The van der Waals surface area contributed by atoms with E-state index in [1.807, 2.05) is 6.92 Å². The van der Waals surface area contributed by atoms with Crippen molar-refractivity contribution >= 4 is 5.97 Å². The lowest BCUT2D eigenvalue weighted by molar-refractivity contribution is -0.140. The Morgan fingerprint density at radius 2 is 1.88 bits per heavy atom. The number of ether oxygens (including phenoxy) is 2. The molecule has 0 spiro atoms. The van der Waals surface area contributed by atoms with Crippen LogP contribution < -0.4 is 9.47 Å². The van der Waals surface area contributed by atoms with Crippen LogP contribution in [0.4, 0.5) is 0 Å². The van der Waals surface area contributed by atoms with Crippen molar-refractivity contribution in [1.82, 2.24) is 0 Å². The molecular formula is C12H14O5. The van der Waals surface area contributed by atoms with Crippen LogP contribution in [0.25, 0.3) is 0 Å². The third-order valence-electron chi connectivity index (χ3n) is 3.26. The quantitative estimate of drug-likeness (QED) is 0.443. The molecule has 1 heterocycles. The molecule has 0 saturated heterocycles. The molecule has 5 heteroatoms. The zero-order chi connectivity index (χ0) is 12.7. The molecule has 92 valence electrons. The molecular weight excluding hydrogens is 224 g/mol. The number of phenolic OH excluding ortho intramolecular Hbond substituents is 2. The molecule has 2 atom stereocenters. The van der Waals surface area contributed by atoms with Crippen molar-refractivity contribution in [3.63, 3.8) is 0 Å². The van der Waals surface area contributed by atoms with E-state index in [9.17, 15) is 15.0 Å². The largest absolute Gasteiger partial charge is 0.502 e. The summed E-state index contributed by atoms with van der Waals surface area (Å²) in [5.41, 5.74) is 0.657. The normalized spacial score (nSPS) is 22.9. The van der Waals surface area contributed by atoms with Crippen molar-refractivity contribution in [2.45, 2.75) is 19.8 Å². The highest BCUT2D eigenvalue weighted by Crippen LogP contribution is 2.50. The second-order valence-corrected chi connectivity index (χ2v) is 4.19. The fraction of sp³-hybridized carbons (Fsp3) is 0.417. The first-order valence-corrected chi connectivity index (χ1v) is 5.31. The smallest absolute Gasteiger partial charge is 0.314 e. The van der Waals surface area contributed by atoms with Crippen molar-refractivity contribution in [1.29, 1.82) is 0 Å². The molecule has 2 rings (SSSR count). The van der Waals surface area contributed by atoms with Gasteiger partial charge in [-0.3, -0.25) is 4.79 Å². The topological polar surface area (TPSA) is 76.0 Å². The summed E-state index contributed by atoms with van der Waals surface area (Å²) in [5.74, 6) is -1.49. The molecule has 0 amide bonds. The van der Waals surface area contributed by atoms with Crippen molar-refractivity contribution in [3.8, 4) is 23.0 Å². The van der Waals surface area contributed by atoms with Gasteiger partial charge < -0.3 is 19.7 Å². The van der Waals surface area contributed by atoms with Crippen molar-refractivity contribution < 1.29 is 24.5 Å². The van der Waals surface area contributed by atoms with E-state index >= 15 is 0 Å². The molecule has 1 aliphatic rings. The number of rotatable bonds is 1. The van der Waals surface area contributed by atoms with Gasteiger partial charge >= 0.3 is 5.97 Å². The fourth-order valence-electron chi connectivity index (χ4n) is 1.90. The van der Waals surface area contributed by atoms with E-state index in [2.05, 4.69) is 0 Å². The molecule has 2 unspecified atom stereocenters. The summed E-state index contributed by atoms with van der Waals surface area (Å²) < 4.78 is 9.97. The van der Waals surface area contributed by atoms with Crippen LogP contribution in [-0.2, 0) is 4.79 Å². The van der Waals surface area contributed by atoms with Crippen molar-refractivity contribution in [3.05, 3.63) is 11.6 Å². The lowest BCUT2D eigenvalue weighted by Crippen LogP contribution is -2.28. The van der Waals surface area contributed by atoms with E-state index < -0.39 is 17.5 Å². The average molecular weight is 238 g/mol. The second kappa shape index (κ2) is 3.84. The van der Waals surface area contributed by atoms with Crippen LogP contribution in [0.1, 0.15) is 25.3 Å². The molecule has 1 aromatic rings. The summed E-state index contributed by atoms with van der Waals surface area (Å²) in [6, 6.07) is 1.58. The van der Waals surface area contributed by atoms with Crippen LogP contribution in [0, 0.1) is 5.92 Å². The fourth-order valence-corrected chi connectivity index (χ4v) is 1.90. The van der Waals surface area contributed by atoms with Crippen LogP contribution >= 0.6 is 0 Å². The van der Waals surface area contributed by atoms with Crippen molar-refractivity contribution in [2.24, 2.45) is 5.92 Å². The Kier molecular flexibility index (Phi) is 2.61. The minimum atomic E-state index is -0.452. The third-order valence-corrected chi connectivity index (χ3v) is 3.26. The van der Waals surface area contributed by atoms with Crippen LogP contribution in [-0.4, -0.2) is 23.3 Å². The first-order valence-electron chi connectivity index (χ1n) is 5.31. The molecule has 2 N–H and O–H groups in total. The van der Waals surface area contributed by atoms with Gasteiger partial charge in [0.25, 0.3) is 0 Å². The highest BCUT2D eigenvalue weighted by molar-refractivity contribution is 5.81. The van der Waals surface area contributed by atoms with E-state index in [-0.39, 0.29) is 23.3 Å². The first-order chi connectivity index (χ1) is 7.97. The third kappa shape index (κ3) is 1.58. The molecule has 0 fully saturated rings. The van der Waals surface area contributed by atoms with Gasteiger partial charge in [-0.15, -0.1) is 0 Å². The molecule has 0 bridgehead atoms. The lowest BCUT2D eigenvalue weighted by Gasteiger charge is -2.28. The molecule has 1 aliphatic heterocycles. The standard InChI is InChI=1S/C12H14O5/c1-5-6(2)12(15)17-11-7(5)4-8(16-3)9(13)10(11)14/h4-6,13-14H,1-3H3. The van der Waals surface area contributed by atoms with E-state index in [1.165, 1.54) is 7.11 Å². The van der Waals surface area contributed by atoms with Crippen molar-refractivity contribution in [2.75, 3.05) is 7.11 Å². The molecule has 0 saturated carbocycles. The summed E-state index contributed by atoms with van der Waals surface area (Å²) in [4.78, 5) is 11.5. The SMILES string of the molecule is COc1cc2c(c(O)c1O)OC(=O)C(C)C2C. The van der Waals surface area contributed by atoms with Gasteiger partial charge in [0.15, 0.2) is 11.5 Å². The monoisotopic (exact) mass is 238 g/mol. The Bertz CT molecular complexity index is 480. The zero-order valence-electron chi connectivity index (χ0n) is 9.85. The number of fused-ring (bicyclic) bond motifs is 1. The zero-order valence-corrected chi connectivity index (χ0v) is 9.85. The Labute approximate surface area is 98.6 Å². The van der Waals surface area contributed by atoms with Gasteiger partial charge in [0.05, 0.1) is 13.0 Å². The van der Waals surface area contributed by atoms with Gasteiger partial charge in [0.1, 0.15) is 0 Å². The number of hydrogen-bond acceptors (Lipinski definition) is 5. The molecule has 1 aromatic carbocycles. The number of methoxy groups -OCH3 is 1. The van der Waals surface area contributed by atoms with Gasteiger partial charge in [-0.1, -0.05) is 13.8 Å². The van der Waals surface area contributed by atoms with E-state index in [0.717, 1.165) is 0 Å². The number of phenols is 2. The number of hydrogen-bond donors (Lipinski definition) is 2. The van der Waals surface area contributed by atoms with E-state index in [0.29, 0.717) is 5.56 Å². The Morgan fingerprint density at radius 3 is 2.47 bits per heavy atom. The Hall–Kier alpha value is -1.91. The number of esters is 1. The number of aromatic hydroxyl groups is 2. The van der Waals surface area contributed by atoms with Gasteiger partial charge in [-0.25, -0.2) is 0 Å². The molecule has 5 nitrogen and oxygen atoms in total. The van der Waals surface area contributed by atoms with E-state index in [1.54, 1.807) is 13.0 Å². The minimum absolute atomic E-state index is 0.0268. The molecule has 0 radical (unpaired) electrons. The summed E-state index contributed by atoms with van der Waals surface area (Å²) in [6.45, 7) is 3.62. The van der Waals surface area contributed by atoms with Gasteiger partial charge in [0, 0.05) is 5.56 Å². The van der Waals surface area contributed by atoms with Crippen LogP contribution in [0.15, 0.2) is 6.07 Å². The number of benzene rings is 1. The van der Waals surface area contributed by atoms with Gasteiger partial charge in [-0.2, -0.15) is 0 Å². The highest BCUT2D eigenvalue weighted by atomic mass is 16.5. The maximum absolute atomic E-state index is 11.5. The van der Waals surface area contributed by atoms with Crippen LogP contribution in [0.5, 0.6) is 23.0 Å². The number of carbonyl (C=O) groups is 1. The number of carbonyl (C=O) groups excluding carboxylic acids is 1. The summed E-state index contributed by atoms with van der Waals surface area (Å²) in [5, 5.41) is 19.4. The molecule has 17 heavy (non-hydrogen) atoms. The van der Waals surface area contributed by atoms with Gasteiger partial charge in [-0.05, 0) is 12.0 Å². The summed E-state index contributed by atoms with van der Waals surface area (Å²) >= 11 is 0. The lowest BCUT2D eigenvalue weighted by atomic mass is 9.86. The Balaban J connectivity index is 2.65. The summed E-state index contributed by atoms with van der Waals surface area (Å²) in [7, 11) is 1.39. The maximum atomic E-state index is 11.5. The second-order valence-electron chi connectivity index (χ2n) is 4.19. The predicted molar refractivity (Wildman–Crippen MR) is 59.5 cm³/mol. The minimum Gasteiger partial charge on any atom is -0.502 e. The van der Waals surface area contributed by atoms with Gasteiger partial charge in [0.2, 0.25) is 11.5 Å². The van der Waals surface area contributed by atoms with Crippen LogP contribution in [0.3, 0.4) is 0 Å². The van der Waals surface area contributed by atoms with E-state index in [4.69, 9.17) is 9.47 Å². The van der Waals surface area contributed by atoms with Crippen LogP contribution in [0.2, 0.25) is 0 Å². The summed E-state index contributed by atoms with van der Waals surface area (Å²) in [6.07, 6.45) is 0. The first kappa shape index (κ1) is 11.6. The maximum Gasteiger partial charge on any atom is 0.314 e.